The van der Waals surface area contributed by atoms with Crippen LogP contribution in [-0.2, 0) is 28.5 Å². The van der Waals surface area contributed by atoms with Gasteiger partial charge in [0.25, 0.3) is 0 Å². The molecule has 1 aromatic rings. The van der Waals surface area contributed by atoms with Crippen molar-refractivity contribution < 1.29 is 8.95 Å². The Kier molecular flexibility index (Phi) is 1.86. The second-order valence-electron chi connectivity index (χ2n) is 2.55. The molecule has 1 aliphatic rings. The van der Waals surface area contributed by atoms with Crippen molar-refractivity contribution in [1.29, 1.82) is 4.78 Å². The summed E-state index contributed by atoms with van der Waals surface area (Å²) in [6.07, 6.45) is 1.62. The molecule has 0 fully saturated rings. The van der Waals surface area contributed by atoms with Gasteiger partial charge in [0.1, 0.15) is 0 Å². The van der Waals surface area contributed by atoms with Gasteiger partial charge in [-0.05, 0) is 0 Å². The first-order valence-corrected chi connectivity index (χ1v) is 4.85. The number of nitrogens with zero attached hydrogens (tertiary/aromatic N) is 2. The van der Waals surface area contributed by atoms with Crippen LogP contribution in [0.4, 0.5) is 0 Å². The van der Waals surface area contributed by atoms with E-state index in [0.29, 0.717) is 24.9 Å². The quantitative estimate of drug-likeness (QED) is 0.609. The molecule has 0 saturated heterocycles. The van der Waals surface area contributed by atoms with Crippen LogP contribution in [0.2, 0.25) is 0 Å². The SMILES string of the molecule is N=[SH](=O)c1ncc2n1CCOC2. The number of ether oxygens (including phenoxy) is 1. The van der Waals surface area contributed by atoms with Gasteiger partial charge >= 0.3 is 0 Å². The Morgan fingerprint density at radius 3 is 3.33 bits per heavy atom. The van der Waals surface area contributed by atoms with E-state index in [-0.39, 0.29) is 0 Å². The number of aromatic nitrogens is 2. The lowest BCUT2D eigenvalue weighted by Gasteiger charge is -2.15. The molecule has 0 aromatic carbocycles. The lowest BCUT2D eigenvalue weighted by atomic mass is 10.4. The molecule has 1 aromatic heterocycles. The fourth-order valence-corrected chi connectivity index (χ4v) is 1.86. The predicted octanol–water partition coefficient (Wildman–Crippen LogP) is 0.0156. The maximum absolute atomic E-state index is 10.9. The number of hydrogen-bond acceptors (Lipinski definition) is 4. The monoisotopic (exact) mass is 187 g/mol. The smallest absolute Gasteiger partial charge is 0.204 e. The largest absolute Gasteiger partial charge is 0.373 e. The highest BCUT2D eigenvalue weighted by Gasteiger charge is 2.13. The third kappa shape index (κ3) is 1.12. The molecular formula is C6H9N3O2S. The van der Waals surface area contributed by atoms with Crippen molar-refractivity contribution in [3.63, 3.8) is 0 Å². The van der Waals surface area contributed by atoms with E-state index < -0.39 is 10.6 Å². The Balaban J connectivity index is 2.51. The molecule has 1 N–H and O–H groups in total. The molecule has 0 aliphatic carbocycles. The maximum Gasteiger partial charge on any atom is 0.204 e. The summed E-state index contributed by atoms with van der Waals surface area (Å²) in [7, 11) is -2.08. The predicted molar refractivity (Wildman–Crippen MR) is 42.4 cm³/mol. The van der Waals surface area contributed by atoms with Crippen LogP contribution in [0.25, 0.3) is 0 Å². The Morgan fingerprint density at radius 1 is 1.75 bits per heavy atom. The van der Waals surface area contributed by atoms with Crippen LogP contribution < -0.4 is 0 Å². The van der Waals surface area contributed by atoms with E-state index >= 15 is 0 Å². The lowest BCUT2D eigenvalue weighted by molar-refractivity contribution is 0.0819. The number of fused-ring (bicyclic) bond motifs is 1. The van der Waals surface area contributed by atoms with E-state index in [2.05, 4.69) is 4.98 Å². The van der Waals surface area contributed by atoms with Crippen molar-refractivity contribution in [2.24, 2.45) is 0 Å². The molecule has 5 nitrogen and oxygen atoms in total. The van der Waals surface area contributed by atoms with Crippen LogP contribution in [0.5, 0.6) is 0 Å². The maximum atomic E-state index is 10.9. The summed E-state index contributed by atoms with van der Waals surface area (Å²) in [6, 6.07) is 0. The Morgan fingerprint density at radius 2 is 2.58 bits per heavy atom. The summed E-state index contributed by atoms with van der Waals surface area (Å²) in [4.78, 5) is 3.91. The molecule has 0 spiro atoms. The van der Waals surface area contributed by atoms with E-state index in [9.17, 15) is 4.21 Å². The van der Waals surface area contributed by atoms with Crippen molar-refractivity contribution in [2.45, 2.75) is 18.3 Å². The summed E-state index contributed by atoms with van der Waals surface area (Å²) < 4.78 is 24.9. The van der Waals surface area contributed by atoms with Crippen LogP contribution in [0, 0.1) is 4.78 Å². The molecule has 2 rings (SSSR count). The zero-order valence-corrected chi connectivity index (χ0v) is 7.25. The first-order chi connectivity index (χ1) is 5.79. The molecule has 0 amide bonds. The van der Waals surface area contributed by atoms with Gasteiger partial charge in [-0.15, -0.1) is 0 Å². The highest BCUT2D eigenvalue weighted by molar-refractivity contribution is 7.73. The van der Waals surface area contributed by atoms with Gasteiger partial charge < -0.3 is 9.30 Å². The fraction of sp³-hybridized carbons (Fsp3) is 0.500. The van der Waals surface area contributed by atoms with Gasteiger partial charge in [-0.1, -0.05) is 0 Å². The van der Waals surface area contributed by atoms with Crippen molar-refractivity contribution in [1.82, 2.24) is 9.55 Å². The standard InChI is InChI=1S/C6H9N3O2S/c7-12(10)6-8-3-5-4-11-2-1-9(5)6/h3,7,12H,1-2,4H2. The van der Waals surface area contributed by atoms with E-state index in [1.54, 1.807) is 10.8 Å². The summed E-state index contributed by atoms with van der Waals surface area (Å²) in [5, 5.41) is 0.364. The minimum absolute atomic E-state index is 0.364. The Bertz CT molecular complexity index is 361. The first kappa shape index (κ1) is 7.75. The second kappa shape index (κ2) is 2.87. The van der Waals surface area contributed by atoms with Gasteiger partial charge in [0.05, 0.1) is 35.7 Å². The lowest BCUT2D eigenvalue weighted by Crippen LogP contribution is -2.17. The zero-order valence-electron chi connectivity index (χ0n) is 6.36. The molecule has 6 heteroatoms. The van der Waals surface area contributed by atoms with Gasteiger partial charge in [0, 0.05) is 6.54 Å². The number of imidazole rings is 1. The number of nitrogens with one attached hydrogen (secondary N) is 1. The third-order valence-corrected chi connectivity index (χ3v) is 2.53. The molecule has 0 radical (unpaired) electrons. The molecule has 1 aliphatic heterocycles. The normalized spacial score (nSPS) is 18.7. The summed E-state index contributed by atoms with van der Waals surface area (Å²) in [5.74, 6) is 0. The van der Waals surface area contributed by atoms with E-state index in [0.717, 1.165) is 5.69 Å². The van der Waals surface area contributed by atoms with Crippen LogP contribution in [0.3, 0.4) is 0 Å². The number of rotatable bonds is 1. The molecule has 1 atom stereocenters. The fourth-order valence-electron chi connectivity index (χ4n) is 1.25. The number of thiol groups is 1. The van der Waals surface area contributed by atoms with Crippen LogP contribution in [-0.4, -0.2) is 20.4 Å². The van der Waals surface area contributed by atoms with Crippen molar-refractivity contribution in [3.8, 4) is 0 Å². The Hall–Kier alpha value is -0.880. The van der Waals surface area contributed by atoms with Crippen LogP contribution in [0.1, 0.15) is 5.69 Å². The Labute approximate surface area is 71.4 Å². The first-order valence-electron chi connectivity index (χ1n) is 3.59. The van der Waals surface area contributed by atoms with Crippen LogP contribution in [0.15, 0.2) is 11.4 Å². The van der Waals surface area contributed by atoms with Crippen LogP contribution >= 0.6 is 0 Å². The summed E-state index contributed by atoms with van der Waals surface area (Å²) >= 11 is 0. The molecule has 1 unspecified atom stereocenters. The van der Waals surface area contributed by atoms with E-state index in [1.807, 2.05) is 0 Å². The highest BCUT2D eigenvalue weighted by atomic mass is 32.2. The van der Waals surface area contributed by atoms with Gasteiger partial charge in [0.15, 0.2) is 0 Å². The van der Waals surface area contributed by atoms with E-state index in [1.165, 1.54) is 0 Å². The van der Waals surface area contributed by atoms with Gasteiger partial charge in [-0.2, -0.15) is 0 Å². The molecular weight excluding hydrogens is 178 g/mol. The highest BCUT2D eigenvalue weighted by Crippen LogP contribution is 2.12. The average molecular weight is 187 g/mol. The van der Waals surface area contributed by atoms with Crippen molar-refractivity contribution in [3.05, 3.63) is 11.9 Å². The molecule has 12 heavy (non-hydrogen) atoms. The third-order valence-electron chi connectivity index (χ3n) is 1.81. The molecule has 2 heterocycles. The van der Waals surface area contributed by atoms with Gasteiger partial charge in [-0.3, -0.25) is 0 Å². The molecule has 0 saturated carbocycles. The minimum atomic E-state index is -2.08. The summed E-state index contributed by atoms with van der Waals surface area (Å²) in [6.45, 7) is 1.78. The molecule has 0 bridgehead atoms. The second-order valence-corrected chi connectivity index (χ2v) is 3.54. The van der Waals surface area contributed by atoms with Gasteiger partial charge in [-0.25, -0.2) is 14.0 Å². The molecule has 66 valence electrons. The van der Waals surface area contributed by atoms with E-state index in [4.69, 9.17) is 9.52 Å². The average Bonchev–Trinajstić information content (AvgIpc) is 2.47. The number of hydrogen-bond donors (Lipinski definition) is 2. The zero-order chi connectivity index (χ0) is 8.55. The minimum Gasteiger partial charge on any atom is -0.373 e. The topological polar surface area (TPSA) is 68.0 Å². The van der Waals surface area contributed by atoms with Crippen molar-refractivity contribution in [2.75, 3.05) is 6.61 Å². The van der Waals surface area contributed by atoms with Crippen molar-refractivity contribution >= 4 is 10.6 Å². The van der Waals surface area contributed by atoms with Gasteiger partial charge in [0.2, 0.25) is 5.16 Å². The summed E-state index contributed by atoms with van der Waals surface area (Å²) in [5.41, 5.74) is 0.909.